The Bertz CT molecular complexity index is 1680. The number of thioether (sulfide) groups is 1. The Hall–Kier alpha value is -3.91. The minimum absolute atomic E-state index is 0.0439. The summed E-state index contributed by atoms with van der Waals surface area (Å²) in [6, 6.07) is 2.27. The van der Waals surface area contributed by atoms with Crippen LogP contribution in [0.25, 0.3) is 16.5 Å². The summed E-state index contributed by atoms with van der Waals surface area (Å²) >= 11 is 1.22. The number of ether oxygens (including phenoxy) is 2. The second-order valence-electron chi connectivity index (χ2n) is 11.0. The van der Waals surface area contributed by atoms with E-state index in [1.54, 1.807) is 17.0 Å². The van der Waals surface area contributed by atoms with Crippen LogP contribution < -0.4 is 15.3 Å². The number of nitrogens with zero attached hydrogens (tertiary/aromatic N) is 6. The van der Waals surface area contributed by atoms with Crippen LogP contribution in [-0.2, 0) is 22.3 Å². The van der Waals surface area contributed by atoms with Crippen LogP contribution in [0.4, 0.5) is 19.0 Å². The van der Waals surface area contributed by atoms with Crippen molar-refractivity contribution < 1.29 is 27.4 Å². The Morgan fingerprint density at radius 2 is 1.91 bits per heavy atom. The zero-order chi connectivity index (χ0) is 31.2. The largest absolute Gasteiger partial charge is 0.457 e. The standard InChI is InChI=1S/C30H31F3N6O4S/c1-4-23(40)39-17(2)13-37(14-18(39)3)27-21-12-22(30(31,32)33)24(19-6-10-42-11-7-19)26-25(21)38(29(41)36-27)15-20(16-44-26)43-28-34-8-5-9-35-28/h4-6,8-9,12,17-18,20H,1,7,10-11,13-16H2,2-3H3/t17-,18+,20-/m0/s1. The molecule has 1 amide bonds. The first-order chi connectivity index (χ1) is 21.1. The predicted octanol–water partition coefficient (Wildman–Crippen LogP) is 4.17. The number of rotatable bonds is 5. The average molecular weight is 629 g/mol. The SMILES string of the molecule is C=CC(=O)N1[C@H](C)CN(c2nc(=O)n3c4c(c(C5=CCOCC5)c(C(F)(F)F)cc24)SC[C@@H](Oc2ncccn2)C3)C[C@@H]1C. The van der Waals surface area contributed by atoms with Crippen LogP contribution in [0.3, 0.4) is 0 Å². The molecule has 232 valence electrons. The minimum atomic E-state index is -4.69. The van der Waals surface area contributed by atoms with Crippen LogP contribution in [0.15, 0.2) is 52.9 Å². The number of carbonyl (C=O) groups excluding carboxylic acids is 1. The van der Waals surface area contributed by atoms with Crippen LogP contribution in [0, 0.1) is 0 Å². The van der Waals surface area contributed by atoms with Gasteiger partial charge in [0.25, 0.3) is 0 Å². The lowest BCUT2D eigenvalue weighted by molar-refractivity contribution is -0.138. The summed E-state index contributed by atoms with van der Waals surface area (Å²) in [5, 5.41) is 0.218. The Morgan fingerprint density at radius 3 is 2.55 bits per heavy atom. The van der Waals surface area contributed by atoms with Crippen molar-refractivity contribution >= 4 is 40.0 Å². The van der Waals surface area contributed by atoms with Gasteiger partial charge >= 0.3 is 17.9 Å². The second kappa shape index (κ2) is 11.9. The molecule has 2 aromatic heterocycles. The maximum atomic E-state index is 14.9. The highest BCUT2D eigenvalue weighted by atomic mass is 32.2. The molecule has 0 saturated carbocycles. The summed E-state index contributed by atoms with van der Waals surface area (Å²) in [7, 11) is 0. The number of hydrogen-bond donors (Lipinski definition) is 0. The maximum absolute atomic E-state index is 14.9. The molecule has 14 heteroatoms. The molecule has 0 aliphatic carbocycles. The molecular weight excluding hydrogens is 597 g/mol. The van der Waals surface area contributed by atoms with Gasteiger partial charge in [-0.3, -0.25) is 9.36 Å². The zero-order valence-electron chi connectivity index (χ0n) is 24.2. The average Bonchev–Trinajstić information content (AvgIpc) is 3.19. The topological polar surface area (TPSA) is 103 Å². The number of benzene rings is 1. The molecule has 3 aliphatic heterocycles. The molecule has 44 heavy (non-hydrogen) atoms. The predicted molar refractivity (Wildman–Crippen MR) is 160 cm³/mol. The number of halogens is 3. The quantitative estimate of drug-likeness (QED) is 0.385. The van der Waals surface area contributed by atoms with Gasteiger partial charge in [0, 0.05) is 59.2 Å². The summed E-state index contributed by atoms with van der Waals surface area (Å²) < 4.78 is 57.6. The summed E-state index contributed by atoms with van der Waals surface area (Å²) in [6.07, 6.45) is 0.969. The van der Waals surface area contributed by atoms with Gasteiger partial charge in [0.2, 0.25) is 5.91 Å². The van der Waals surface area contributed by atoms with Gasteiger partial charge < -0.3 is 19.3 Å². The Morgan fingerprint density at radius 1 is 1.18 bits per heavy atom. The first-order valence-electron chi connectivity index (χ1n) is 14.3. The van der Waals surface area contributed by atoms with E-state index in [9.17, 15) is 22.8 Å². The number of alkyl halides is 3. The third-order valence-corrected chi connectivity index (χ3v) is 9.27. The molecule has 0 unspecified atom stereocenters. The van der Waals surface area contributed by atoms with Gasteiger partial charge in [-0.15, -0.1) is 11.8 Å². The van der Waals surface area contributed by atoms with Gasteiger partial charge in [0.05, 0.1) is 30.8 Å². The van der Waals surface area contributed by atoms with Crippen molar-refractivity contribution in [2.24, 2.45) is 0 Å². The molecule has 1 fully saturated rings. The lowest BCUT2D eigenvalue weighted by atomic mass is 9.93. The van der Waals surface area contributed by atoms with Gasteiger partial charge in [-0.05, 0) is 44.1 Å². The molecule has 0 spiro atoms. The fourth-order valence-electron chi connectivity index (χ4n) is 6.28. The van der Waals surface area contributed by atoms with Gasteiger partial charge in [0.15, 0.2) is 0 Å². The number of hydrogen-bond acceptors (Lipinski definition) is 9. The molecule has 1 saturated heterocycles. The Labute approximate surface area is 255 Å². The molecule has 0 bridgehead atoms. The highest BCUT2D eigenvalue weighted by molar-refractivity contribution is 7.99. The minimum Gasteiger partial charge on any atom is -0.457 e. The van der Waals surface area contributed by atoms with Gasteiger partial charge in [0.1, 0.15) is 11.9 Å². The highest BCUT2D eigenvalue weighted by Crippen LogP contribution is 2.47. The van der Waals surface area contributed by atoms with E-state index in [2.05, 4.69) is 21.5 Å². The Kier molecular flexibility index (Phi) is 8.14. The molecule has 3 aromatic rings. The monoisotopic (exact) mass is 628 g/mol. The summed E-state index contributed by atoms with van der Waals surface area (Å²) in [6.45, 7) is 8.39. The van der Waals surface area contributed by atoms with Crippen LogP contribution >= 0.6 is 11.8 Å². The molecule has 10 nitrogen and oxygen atoms in total. The highest BCUT2D eigenvalue weighted by Gasteiger charge is 2.40. The van der Waals surface area contributed by atoms with Crippen LogP contribution in [0.2, 0.25) is 0 Å². The van der Waals surface area contributed by atoms with Crippen molar-refractivity contribution in [3.8, 4) is 6.01 Å². The lowest BCUT2D eigenvalue weighted by Gasteiger charge is -2.44. The smallest absolute Gasteiger partial charge is 0.417 e. The molecule has 3 atom stereocenters. The van der Waals surface area contributed by atoms with Gasteiger partial charge in [-0.2, -0.15) is 18.2 Å². The second-order valence-corrected chi connectivity index (χ2v) is 12.1. The van der Waals surface area contributed by atoms with E-state index in [0.717, 1.165) is 6.07 Å². The first kappa shape index (κ1) is 30.1. The van der Waals surface area contributed by atoms with Crippen molar-refractivity contribution in [1.82, 2.24) is 24.4 Å². The molecular formula is C30H31F3N6O4S. The number of aromatic nitrogens is 4. The van der Waals surface area contributed by atoms with Gasteiger partial charge in [-0.25, -0.2) is 14.8 Å². The summed E-state index contributed by atoms with van der Waals surface area (Å²) in [4.78, 5) is 42.8. The van der Waals surface area contributed by atoms with Crippen LogP contribution in [-0.4, -0.2) is 80.6 Å². The number of carbonyl (C=O) groups is 1. The number of anilines is 1. The summed E-state index contributed by atoms with van der Waals surface area (Å²) in [5.74, 6) is 0.180. The molecule has 5 heterocycles. The van der Waals surface area contributed by atoms with E-state index in [1.807, 2.05) is 18.7 Å². The third-order valence-electron chi connectivity index (χ3n) is 8.05. The van der Waals surface area contributed by atoms with Crippen molar-refractivity contribution in [3.63, 3.8) is 0 Å². The van der Waals surface area contributed by atoms with Crippen molar-refractivity contribution in [2.45, 2.75) is 56.1 Å². The Balaban J connectivity index is 1.56. The number of amides is 1. The summed E-state index contributed by atoms with van der Waals surface area (Å²) in [5.41, 5.74) is -0.430. The lowest BCUT2D eigenvalue weighted by Crippen LogP contribution is -2.58. The zero-order valence-corrected chi connectivity index (χ0v) is 25.0. The molecule has 0 radical (unpaired) electrons. The van der Waals surface area contributed by atoms with Crippen LogP contribution in [0.1, 0.15) is 31.4 Å². The normalized spacial score (nSPS) is 22.4. The fourth-order valence-corrected chi connectivity index (χ4v) is 7.54. The number of piperazine rings is 1. The van der Waals surface area contributed by atoms with Gasteiger partial charge in [-0.1, -0.05) is 12.7 Å². The van der Waals surface area contributed by atoms with Crippen molar-refractivity contribution in [3.05, 3.63) is 64.9 Å². The van der Waals surface area contributed by atoms with Crippen LogP contribution in [0.5, 0.6) is 6.01 Å². The van der Waals surface area contributed by atoms with E-state index >= 15 is 0 Å². The first-order valence-corrected chi connectivity index (χ1v) is 15.3. The van der Waals surface area contributed by atoms with E-state index < -0.39 is 23.5 Å². The molecule has 1 aromatic carbocycles. The molecule has 6 rings (SSSR count). The van der Waals surface area contributed by atoms with E-state index in [-0.39, 0.29) is 72.8 Å². The third kappa shape index (κ3) is 5.56. The van der Waals surface area contributed by atoms with E-state index in [4.69, 9.17) is 9.47 Å². The van der Waals surface area contributed by atoms with Crippen molar-refractivity contribution in [1.29, 1.82) is 0 Å². The van der Waals surface area contributed by atoms with E-state index in [0.29, 0.717) is 29.0 Å². The molecule has 3 aliphatic rings. The molecule has 0 N–H and O–H groups in total. The van der Waals surface area contributed by atoms with Crippen molar-refractivity contribution in [2.75, 3.05) is 37.0 Å². The maximum Gasteiger partial charge on any atom is 0.417 e. The van der Waals surface area contributed by atoms with E-state index in [1.165, 1.54) is 34.8 Å². The fraction of sp³-hybridized carbons (Fsp3) is 0.433.